The lowest BCUT2D eigenvalue weighted by atomic mass is 9.62. The Labute approximate surface area is 246 Å². The highest BCUT2D eigenvalue weighted by atomic mass is 35.5. The van der Waals surface area contributed by atoms with Crippen molar-refractivity contribution in [3.63, 3.8) is 0 Å². The number of ether oxygens (including phenoxy) is 1. The molecule has 8 nitrogen and oxygen atoms in total. The fourth-order valence-electron chi connectivity index (χ4n) is 7.42. The standard InChI is InChI=1S/C32H40ClN3O5/c1-6-18(2)23(17-37)36-27(29(39)35-26-19(3)11-10-14-22(26)33)32-15-20(4)31(5,41-32)24(25(32)30(36)40)28(38)34-16-21-12-8-7-9-13-21/h7-14,18,20,23-25,27,37H,6,15-17H2,1-5H3,(H,34,38)(H,35,39)/t18-,20?,23-,24+,25-,27?,31-,32?/m0/s1. The summed E-state index contributed by atoms with van der Waals surface area (Å²) in [6.07, 6.45) is 1.14. The van der Waals surface area contributed by atoms with Crippen LogP contribution in [0.3, 0.4) is 0 Å². The van der Waals surface area contributed by atoms with Gasteiger partial charge in [0.25, 0.3) is 0 Å². The van der Waals surface area contributed by atoms with E-state index in [1.165, 1.54) is 4.90 Å². The van der Waals surface area contributed by atoms with E-state index in [2.05, 4.69) is 10.6 Å². The third-order valence-electron chi connectivity index (χ3n) is 9.91. The fraction of sp³-hybridized carbons (Fsp3) is 0.531. The molecule has 3 amide bonds. The van der Waals surface area contributed by atoms with Gasteiger partial charge in [0.05, 0.1) is 40.8 Å². The molecule has 3 N–H and O–H groups in total. The van der Waals surface area contributed by atoms with Crippen LogP contribution in [0.2, 0.25) is 5.02 Å². The van der Waals surface area contributed by atoms with Crippen LogP contribution < -0.4 is 10.6 Å². The summed E-state index contributed by atoms with van der Waals surface area (Å²) in [7, 11) is 0. The predicted molar refractivity (Wildman–Crippen MR) is 157 cm³/mol. The number of hydrogen-bond donors (Lipinski definition) is 3. The van der Waals surface area contributed by atoms with Crippen molar-refractivity contribution in [2.45, 2.75) is 77.3 Å². The molecule has 3 aliphatic rings. The minimum absolute atomic E-state index is 0.0903. The quantitative estimate of drug-likeness (QED) is 0.409. The van der Waals surface area contributed by atoms with Crippen molar-refractivity contribution in [2.75, 3.05) is 11.9 Å². The lowest BCUT2D eigenvalue weighted by Gasteiger charge is -2.39. The van der Waals surface area contributed by atoms with Crippen molar-refractivity contribution in [3.05, 3.63) is 64.7 Å². The van der Waals surface area contributed by atoms with E-state index >= 15 is 0 Å². The number of aryl methyl sites for hydroxylation is 1. The Hall–Kier alpha value is -2.94. The summed E-state index contributed by atoms with van der Waals surface area (Å²) in [5.74, 6) is -2.85. The number of benzene rings is 2. The number of rotatable bonds is 9. The van der Waals surface area contributed by atoms with Crippen molar-refractivity contribution in [3.8, 4) is 0 Å². The molecular formula is C32H40ClN3O5. The highest BCUT2D eigenvalue weighted by Crippen LogP contribution is 2.65. The lowest BCUT2D eigenvalue weighted by molar-refractivity contribution is -0.150. The van der Waals surface area contributed by atoms with Crippen molar-refractivity contribution in [1.29, 1.82) is 0 Å². The maximum absolute atomic E-state index is 14.5. The van der Waals surface area contributed by atoms with Crippen molar-refractivity contribution in [2.24, 2.45) is 23.7 Å². The molecule has 0 aromatic heterocycles. The van der Waals surface area contributed by atoms with Crippen LogP contribution in [0.15, 0.2) is 48.5 Å². The maximum Gasteiger partial charge on any atom is 0.250 e. The van der Waals surface area contributed by atoms with Crippen molar-refractivity contribution < 1.29 is 24.2 Å². The first-order valence-corrected chi connectivity index (χ1v) is 14.9. The third kappa shape index (κ3) is 4.64. The number of aliphatic hydroxyl groups is 1. The topological polar surface area (TPSA) is 108 Å². The number of nitrogens with zero attached hydrogens (tertiary/aromatic N) is 1. The van der Waals surface area contributed by atoms with Gasteiger partial charge in [-0.25, -0.2) is 0 Å². The van der Waals surface area contributed by atoms with Gasteiger partial charge in [-0.2, -0.15) is 0 Å². The number of halogens is 1. The number of carbonyl (C=O) groups is 3. The number of aliphatic hydroxyl groups excluding tert-OH is 1. The molecule has 3 fully saturated rings. The molecule has 9 heteroatoms. The number of nitrogens with one attached hydrogen (secondary N) is 2. The van der Waals surface area contributed by atoms with Crippen molar-refractivity contribution in [1.82, 2.24) is 10.2 Å². The summed E-state index contributed by atoms with van der Waals surface area (Å²) >= 11 is 6.47. The molecule has 3 heterocycles. The summed E-state index contributed by atoms with van der Waals surface area (Å²) in [6, 6.07) is 13.3. The Morgan fingerprint density at radius 2 is 1.88 bits per heavy atom. The predicted octanol–water partition coefficient (Wildman–Crippen LogP) is 4.32. The Morgan fingerprint density at radius 3 is 2.51 bits per heavy atom. The minimum Gasteiger partial charge on any atom is -0.394 e. The second kappa shape index (κ2) is 11.0. The van der Waals surface area contributed by atoms with Gasteiger partial charge in [0.1, 0.15) is 11.6 Å². The number of carbonyl (C=O) groups excluding carboxylic acids is 3. The van der Waals surface area contributed by atoms with E-state index < -0.39 is 41.0 Å². The van der Waals surface area contributed by atoms with Crippen LogP contribution in [0.4, 0.5) is 5.69 Å². The first-order chi connectivity index (χ1) is 19.5. The van der Waals surface area contributed by atoms with Crippen LogP contribution in [-0.4, -0.2) is 57.6 Å². The summed E-state index contributed by atoms with van der Waals surface area (Å²) in [5.41, 5.74) is 0.0461. The molecule has 0 radical (unpaired) electrons. The van der Waals surface area contributed by atoms with Gasteiger partial charge < -0.3 is 25.4 Å². The summed E-state index contributed by atoms with van der Waals surface area (Å²) in [4.78, 5) is 44.2. The van der Waals surface area contributed by atoms with Gasteiger partial charge >= 0.3 is 0 Å². The Morgan fingerprint density at radius 1 is 1.17 bits per heavy atom. The lowest BCUT2D eigenvalue weighted by Crippen LogP contribution is -2.57. The Bertz CT molecular complexity index is 1320. The molecule has 3 unspecified atom stereocenters. The number of anilines is 1. The molecule has 0 saturated carbocycles. The SMILES string of the molecule is CC[C@H](C)[C@H](CO)N1C(=O)[C@@H]2[C@H](C(=O)NCc3ccccc3)[C@@]3(C)OC2(CC3C)C1C(=O)Nc1c(C)cccc1Cl. The average Bonchev–Trinajstić information content (AvgIpc) is 3.47. The van der Waals surface area contributed by atoms with Gasteiger partial charge in [-0.05, 0) is 49.3 Å². The Balaban J connectivity index is 1.56. The van der Waals surface area contributed by atoms with Crippen LogP contribution in [0.5, 0.6) is 0 Å². The van der Waals surface area contributed by atoms with Crippen LogP contribution in [0, 0.1) is 30.6 Å². The second-order valence-corrected chi connectivity index (χ2v) is 12.6. The zero-order valence-corrected chi connectivity index (χ0v) is 25.1. The van der Waals surface area contributed by atoms with E-state index in [9.17, 15) is 19.5 Å². The molecule has 2 bridgehead atoms. The van der Waals surface area contributed by atoms with E-state index in [0.29, 0.717) is 30.1 Å². The van der Waals surface area contributed by atoms with Crippen LogP contribution in [-0.2, 0) is 25.7 Å². The largest absolute Gasteiger partial charge is 0.394 e. The molecule has 0 aliphatic carbocycles. The molecule has 41 heavy (non-hydrogen) atoms. The van der Waals surface area contributed by atoms with Gasteiger partial charge in [-0.1, -0.05) is 81.3 Å². The molecular weight excluding hydrogens is 542 g/mol. The van der Waals surface area contributed by atoms with Gasteiger partial charge in [-0.15, -0.1) is 0 Å². The number of para-hydroxylation sites is 1. The molecule has 5 rings (SSSR count). The fourth-order valence-corrected chi connectivity index (χ4v) is 7.69. The van der Waals surface area contributed by atoms with E-state index in [1.807, 2.05) is 71.0 Å². The summed E-state index contributed by atoms with van der Waals surface area (Å²) in [6.45, 7) is 9.71. The second-order valence-electron chi connectivity index (χ2n) is 12.2. The van der Waals surface area contributed by atoms with E-state index in [4.69, 9.17) is 16.3 Å². The smallest absolute Gasteiger partial charge is 0.250 e. The minimum atomic E-state index is -1.22. The van der Waals surface area contributed by atoms with Crippen LogP contribution in [0.25, 0.3) is 0 Å². The highest BCUT2D eigenvalue weighted by molar-refractivity contribution is 6.34. The number of hydrogen-bond acceptors (Lipinski definition) is 5. The normalized spacial score (nSPS) is 31.6. The Kier molecular flexibility index (Phi) is 7.96. The van der Waals surface area contributed by atoms with Gasteiger partial charge in [0, 0.05) is 6.54 Å². The molecule has 220 valence electrons. The van der Waals surface area contributed by atoms with Crippen LogP contribution >= 0.6 is 11.6 Å². The van der Waals surface area contributed by atoms with Crippen LogP contribution in [0.1, 0.15) is 51.7 Å². The first-order valence-electron chi connectivity index (χ1n) is 14.5. The van der Waals surface area contributed by atoms with E-state index in [1.54, 1.807) is 12.1 Å². The highest BCUT2D eigenvalue weighted by Gasteiger charge is 2.80. The van der Waals surface area contributed by atoms with Gasteiger partial charge in [0.15, 0.2) is 0 Å². The molecule has 1 spiro atoms. The summed E-state index contributed by atoms with van der Waals surface area (Å²) in [5, 5.41) is 16.9. The maximum atomic E-state index is 14.5. The zero-order valence-electron chi connectivity index (χ0n) is 24.3. The number of likely N-dealkylation sites (tertiary alicyclic amines) is 1. The molecule has 8 atom stereocenters. The molecule has 3 aliphatic heterocycles. The monoisotopic (exact) mass is 581 g/mol. The average molecular weight is 582 g/mol. The molecule has 3 saturated heterocycles. The summed E-state index contributed by atoms with van der Waals surface area (Å²) < 4.78 is 6.81. The molecule has 2 aromatic rings. The van der Waals surface area contributed by atoms with Crippen molar-refractivity contribution >= 4 is 35.0 Å². The first kappa shape index (κ1) is 29.5. The number of amides is 3. The molecule has 2 aromatic carbocycles. The van der Waals surface area contributed by atoms with E-state index in [-0.39, 0.29) is 30.3 Å². The van der Waals surface area contributed by atoms with Gasteiger partial charge in [0.2, 0.25) is 17.7 Å². The third-order valence-corrected chi connectivity index (χ3v) is 10.2. The zero-order chi connectivity index (χ0) is 29.7. The van der Waals surface area contributed by atoms with Gasteiger partial charge in [-0.3, -0.25) is 14.4 Å². The number of fused-ring (bicyclic) bond motifs is 1. The van der Waals surface area contributed by atoms with E-state index in [0.717, 1.165) is 11.1 Å².